The summed E-state index contributed by atoms with van der Waals surface area (Å²) in [5.41, 5.74) is 2.11. The molecule has 2 aromatic rings. The molecular weight excluding hydrogens is 390 g/mol. The average molecular weight is 426 g/mol. The molecule has 0 spiro atoms. The summed E-state index contributed by atoms with van der Waals surface area (Å²) in [6, 6.07) is 14.5. The summed E-state index contributed by atoms with van der Waals surface area (Å²) in [4.78, 5) is 11.7. The van der Waals surface area contributed by atoms with Gasteiger partial charge in [-0.15, -0.1) is 0 Å². The molecule has 1 saturated heterocycles. The number of para-hydroxylation sites is 1. The molecule has 2 N–H and O–H groups in total. The fourth-order valence-corrected chi connectivity index (χ4v) is 3.70. The second kappa shape index (κ2) is 12.2. The van der Waals surface area contributed by atoms with E-state index in [-0.39, 0.29) is 0 Å². The summed E-state index contributed by atoms with van der Waals surface area (Å²) in [6.45, 7) is 8.64. The van der Waals surface area contributed by atoms with E-state index in [1.807, 2.05) is 37.3 Å². The molecule has 7 nitrogen and oxygen atoms in total. The molecule has 0 amide bonds. The Morgan fingerprint density at radius 3 is 2.71 bits per heavy atom. The Morgan fingerprint density at radius 1 is 1.16 bits per heavy atom. The highest BCUT2D eigenvalue weighted by atomic mass is 16.5. The van der Waals surface area contributed by atoms with Crippen LogP contribution in [0.25, 0.3) is 0 Å². The summed E-state index contributed by atoms with van der Waals surface area (Å²) in [5.74, 6) is 2.79. The molecule has 3 rings (SSSR count). The molecule has 1 aliphatic rings. The number of hydrogen-bond donors (Lipinski definition) is 2. The maximum Gasteiger partial charge on any atom is 0.191 e. The molecule has 1 fully saturated rings. The zero-order chi connectivity index (χ0) is 21.9. The Bertz CT molecular complexity index is 834. The van der Waals surface area contributed by atoms with Crippen molar-refractivity contribution >= 4 is 11.8 Å². The number of benzene rings is 1. The zero-order valence-corrected chi connectivity index (χ0v) is 18.9. The molecular formula is C24H35N5O2. The highest BCUT2D eigenvalue weighted by Gasteiger charge is 2.20. The van der Waals surface area contributed by atoms with Crippen molar-refractivity contribution in [1.29, 1.82) is 0 Å². The lowest BCUT2D eigenvalue weighted by molar-refractivity contribution is 0.126. The first-order chi connectivity index (χ1) is 15.2. The van der Waals surface area contributed by atoms with Gasteiger partial charge in [-0.1, -0.05) is 24.3 Å². The summed E-state index contributed by atoms with van der Waals surface area (Å²) < 4.78 is 11.2. The number of ether oxygens (including phenoxy) is 2. The molecule has 31 heavy (non-hydrogen) atoms. The molecule has 0 saturated carbocycles. The molecule has 168 valence electrons. The molecule has 7 heteroatoms. The van der Waals surface area contributed by atoms with Crippen molar-refractivity contribution in [2.24, 2.45) is 4.99 Å². The van der Waals surface area contributed by atoms with E-state index in [0.717, 1.165) is 61.3 Å². The van der Waals surface area contributed by atoms with E-state index in [0.29, 0.717) is 25.8 Å². The smallest absolute Gasteiger partial charge is 0.191 e. The minimum Gasteiger partial charge on any atom is -0.496 e. The van der Waals surface area contributed by atoms with Crippen LogP contribution in [-0.4, -0.2) is 56.9 Å². The predicted octanol–water partition coefficient (Wildman–Crippen LogP) is 3.14. The molecule has 0 radical (unpaired) electrons. The second-order valence-corrected chi connectivity index (χ2v) is 7.67. The predicted molar refractivity (Wildman–Crippen MR) is 126 cm³/mol. The molecule has 0 bridgehead atoms. The highest BCUT2D eigenvalue weighted by Crippen LogP contribution is 2.19. The van der Waals surface area contributed by atoms with Gasteiger partial charge in [0.15, 0.2) is 5.96 Å². The number of aromatic nitrogens is 1. The van der Waals surface area contributed by atoms with Crippen molar-refractivity contribution in [2.45, 2.75) is 39.3 Å². The van der Waals surface area contributed by atoms with Gasteiger partial charge in [0.2, 0.25) is 0 Å². The number of aryl methyl sites for hydroxylation is 1. The molecule has 1 aromatic heterocycles. The minimum absolute atomic E-state index is 0.411. The standard InChI is InChI=1S/C24H35N5O2/c1-4-25-24(26-14-17-31-18-20-9-5-6-10-22(20)30-3)28-21-12-15-29(16-13-21)23-11-7-8-19(2)27-23/h5-11,21H,4,12-18H2,1-3H3,(H2,25,26,28). The van der Waals surface area contributed by atoms with Crippen molar-refractivity contribution in [1.82, 2.24) is 15.6 Å². The van der Waals surface area contributed by atoms with Crippen molar-refractivity contribution in [2.75, 3.05) is 44.8 Å². The van der Waals surface area contributed by atoms with Crippen LogP contribution in [0.5, 0.6) is 5.75 Å². The first kappa shape index (κ1) is 22.9. The highest BCUT2D eigenvalue weighted by molar-refractivity contribution is 5.80. The Kier molecular flexibility index (Phi) is 8.97. The van der Waals surface area contributed by atoms with Crippen molar-refractivity contribution in [3.63, 3.8) is 0 Å². The van der Waals surface area contributed by atoms with Crippen LogP contribution in [0.15, 0.2) is 47.5 Å². The van der Waals surface area contributed by atoms with Gasteiger partial charge in [-0.25, -0.2) is 4.98 Å². The number of hydrogen-bond acceptors (Lipinski definition) is 5. The maximum absolute atomic E-state index is 5.80. The topological polar surface area (TPSA) is 71.0 Å². The zero-order valence-electron chi connectivity index (χ0n) is 18.9. The van der Waals surface area contributed by atoms with Gasteiger partial charge in [0.1, 0.15) is 11.6 Å². The van der Waals surface area contributed by atoms with Crippen LogP contribution in [0.3, 0.4) is 0 Å². The van der Waals surface area contributed by atoms with Gasteiger partial charge in [0.05, 0.1) is 26.9 Å². The van der Waals surface area contributed by atoms with Crippen LogP contribution in [0.2, 0.25) is 0 Å². The molecule has 1 aliphatic heterocycles. The molecule has 0 atom stereocenters. The van der Waals surface area contributed by atoms with Gasteiger partial charge in [0.25, 0.3) is 0 Å². The quantitative estimate of drug-likeness (QED) is 0.365. The fourth-order valence-electron chi connectivity index (χ4n) is 3.70. The Balaban J connectivity index is 1.42. The van der Waals surface area contributed by atoms with Gasteiger partial charge in [-0.05, 0) is 44.9 Å². The molecule has 0 aliphatic carbocycles. The summed E-state index contributed by atoms with van der Waals surface area (Å²) in [5, 5.41) is 6.93. The van der Waals surface area contributed by atoms with E-state index in [2.05, 4.69) is 44.6 Å². The van der Waals surface area contributed by atoms with Gasteiger partial charge in [-0.3, -0.25) is 4.99 Å². The Morgan fingerprint density at radius 2 is 1.97 bits per heavy atom. The third-order valence-corrected chi connectivity index (χ3v) is 5.33. The number of aliphatic imine (C=N–C) groups is 1. The van der Waals surface area contributed by atoms with Gasteiger partial charge < -0.3 is 25.0 Å². The van der Waals surface area contributed by atoms with Gasteiger partial charge in [0, 0.05) is 36.9 Å². The number of nitrogens with zero attached hydrogens (tertiary/aromatic N) is 3. The van der Waals surface area contributed by atoms with E-state index >= 15 is 0 Å². The first-order valence-electron chi connectivity index (χ1n) is 11.1. The number of rotatable bonds is 9. The normalized spacial score (nSPS) is 15.1. The molecule has 1 aromatic carbocycles. The maximum atomic E-state index is 5.80. The summed E-state index contributed by atoms with van der Waals surface area (Å²) in [7, 11) is 1.68. The lowest BCUT2D eigenvalue weighted by atomic mass is 10.1. The van der Waals surface area contributed by atoms with E-state index in [1.54, 1.807) is 7.11 Å². The number of piperidine rings is 1. The van der Waals surface area contributed by atoms with Gasteiger partial charge >= 0.3 is 0 Å². The van der Waals surface area contributed by atoms with E-state index in [1.165, 1.54) is 0 Å². The van der Waals surface area contributed by atoms with Crippen LogP contribution < -0.4 is 20.3 Å². The van der Waals surface area contributed by atoms with Crippen LogP contribution in [-0.2, 0) is 11.3 Å². The fraction of sp³-hybridized carbons (Fsp3) is 0.500. The van der Waals surface area contributed by atoms with Crippen molar-refractivity contribution < 1.29 is 9.47 Å². The van der Waals surface area contributed by atoms with Gasteiger partial charge in [-0.2, -0.15) is 0 Å². The summed E-state index contributed by atoms with van der Waals surface area (Å²) >= 11 is 0. The molecule has 2 heterocycles. The SMILES string of the molecule is CCNC(=NCCOCc1ccccc1OC)NC1CCN(c2cccc(C)n2)CC1. The van der Waals surface area contributed by atoms with Crippen molar-refractivity contribution in [3.05, 3.63) is 53.7 Å². The van der Waals surface area contributed by atoms with Crippen LogP contribution in [0, 0.1) is 6.92 Å². The minimum atomic E-state index is 0.411. The third kappa shape index (κ3) is 7.14. The Labute approximate surface area is 185 Å². The van der Waals surface area contributed by atoms with E-state index < -0.39 is 0 Å². The number of nitrogens with one attached hydrogen (secondary N) is 2. The molecule has 0 unspecified atom stereocenters. The first-order valence-corrected chi connectivity index (χ1v) is 11.1. The average Bonchev–Trinajstić information content (AvgIpc) is 2.79. The van der Waals surface area contributed by atoms with Crippen LogP contribution in [0.1, 0.15) is 31.0 Å². The van der Waals surface area contributed by atoms with E-state index in [9.17, 15) is 0 Å². The Hall–Kier alpha value is -2.80. The summed E-state index contributed by atoms with van der Waals surface area (Å²) in [6.07, 6.45) is 2.12. The van der Waals surface area contributed by atoms with E-state index in [4.69, 9.17) is 9.47 Å². The lowest BCUT2D eigenvalue weighted by Gasteiger charge is -2.34. The second-order valence-electron chi connectivity index (χ2n) is 7.67. The number of guanidine groups is 1. The number of pyridine rings is 1. The van der Waals surface area contributed by atoms with Crippen molar-refractivity contribution in [3.8, 4) is 5.75 Å². The monoisotopic (exact) mass is 425 g/mol. The largest absolute Gasteiger partial charge is 0.496 e. The third-order valence-electron chi connectivity index (χ3n) is 5.33. The number of anilines is 1. The number of methoxy groups -OCH3 is 1. The van der Waals surface area contributed by atoms with Crippen LogP contribution in [0.4, 0.5) is 5.82 Å². The van der Waals surface area contributed by atoms with Crippen LogP contribution >= 0.6 is 0 Å². The lowest BCUT2D eigenvalue weighted by Crippen LogP contribution is -2.49.